The second-order valence-electron chi connectivity index (χ2n) is 5.63. The first-order valence-corrected chi connectivity index (χ1v) is 8.92. The summed E-state index contributed by atoms with van der Waals surface area (Å²) < 4.78 is 22.8. The third-order valence-corrected chi connectivity index (χ3v) is 5.16. The number of nitrogens with one attached hydrogen (secondary N) is 1. The Labute approximate surface area is 116 Å². The number of hydrogen-bond donors (Lipinski definition) is 1. The van der Waals surface area contributed by atoms with Gasteiger partial charge in [-0.3, -0.25) is 0 Å². The molecule has 1 saturated carbocycles. The second kappa shape index (κ2) is 5.95. The molecule has 2 rings (SSSR count). The molecule has 4 heteroatoms. The first-order valence-electron chi connectivity index (χ1n) is 7.03. The van der Waals surface area contributed by atoms with E-state index in [-0.39, 0.29) is 0 Å². The Morgan fingerprint density at radius 2 is 1.68 bits per heavy atom. The van der Waals surface area contributed by atoms with Crippen LogP contribution in [0.1, 0.15) is 39.0 Å². The summed E-state index contributed by atoms with van der Waals surface area (Å²) in [4.78, 5) is 0.378. The number of benzene rings is 1. The molecule has 1 atom stereocenters. The standard InChI is InChI=1S/C15H23NO2S/c1-12(13-6-4-3-5-7-13)16-14-8-10-15(11-9-14)19(2,17)18/h8-13,16H,3-7H2,1-2H3. The van der Waals surface area contributed by atoms with Crippen molar-refractivity contribution in [2.45, 2.75) is 50.0 Å². The first kappa shape index (κ1) is 14.4. The Balaban J connectivity index is 1.99. The van der Waals surface area contributed by atoms with Gasteiger partial charge in [0.05, 0.1) is 4.90 Å². The Kier molecular flexibility index (Phi) is 4.50. The highest BCUT2D eigenvalue weighted by Gasteiger charge is 2.19. The van der Waals surface area contributed by atoms with Crippen LogP contribution in [0.4, 0.5) is 5.69 Å². The van der Waals surface area contributed by atoms with Gasteiger partial charge in [-0.25, -0.2) is 8.42 Å². The van der Waals surface area contributed by atoms with Crippen LogP contribution in [0, 0.1) is 5.92 Å². The molecule has 0 radical (unpaired) electrons. The van der Waals surface area contributed by atoms with Crippen molar-refractivity contribution in [1.29, 1.82) is 0 Å². The highest BCUT2D eigenvalue weighted by molar-refractivity contribution is 7.90. The Morgan fingerprint density at radius 1 is 1.11 bits per heavy atom. The topological polar surface area (TPSA) is 46.2 Å². The summed E-state index contributed by atoms with van der Waals surface area (Å²) in [5.41, 5.74) is 1.01. The lowest BCUT2D eigenvalue weighted by molar-refractivity contribution is 0.328. The van der Waals surface area contributed by atoms with Gasteiger partial charge in [-0.2, -0.15) is 0 Å². The van der Waals surface area contributed by atoms with E-state index in [1.54, 1.807) is 12.1 Å². The lowest BCUT2D eigenvalue weighted by atomic mass is 9.84. The number of anilines is 1. The number of rotatable bonds is 4. The van der Waals surface area contributed by atoms with E-state index in [2.05, 4.69) is 12.2 Å². The highest BCUT2D eigenvalue weighted by atomic mass is 32.2. The average molecular weight is 281 g/mol. The normalized spacial score (nSPS) is 19.1. The SMILES string of the molecule is CC(Nc1ccc(S(C)(=O)=O)cc1)C1CCCCC1. The zero-order valence-corrected chi connectivity index (χ0v) is 12.5. The maximum atomic E-state index is 11.4. The zero-order chi connectivity index (χ0) is 13.9. The summed E-state index contributed by atoms with van der Waals surface area (Å²) in [7, 11) is -3.10. The molecule has 0 aliphatic heterocycles. The van der Waals surface area contributed by atoms with Crippen LogP contribution in [0.15, 0.2) is 29.2 Å². The van der Waals surface area contributed by atoms with E-state index in [0.717, 1.165) is 11.6 Å². The monoisotopic (exact) mass is 281 g/mol. The van der Waals surface area contributed by atoms with Crippen LogP contribution in [0.5, 0.6) is 0 Å². The van der Waals surface area contributed by atoms with E-state index in [9.17, 15) is 8.42 Å². The average Bonchev–Trinajstić information content (AvgIpc) is 2.39. The molecule has 0 saturated heterocycles. The first-order chi connectivity index (χ1) is 8.97. The highest BCUT2D eigenvalue weighted by Crippen LogP contribution is 2.28. The molecule has 1 aromatic rings. The quantitative estimate of drug-likeness (QED) is 0.919. The van der Waals surface area contributed by atoms with Crippen LogP contribution in [-0.2, 0) is 9.84 Å². The molecule has 0 aromatic heterocycles. The molecule has 0 bridgehead atoms. The van der Waals surface area contributed by atoms with Gasteiger partial charge >= 0.3 is 0 Å². The van der Waals surface area contributed by atoms with Gasteiger partial charge in [-0.1, -0.05) is 19.3 Å². The summed E-state index contributed by atoms with van der Waals surface area (Å²) in [6, 6.07) is 7.51. The fourth-order valence-electron chi connectivity index (χ4n) is 2.81. The van der Waals surface area contributed by atoms with Gasteiger partial charge in [0, 0.05) is 18.0 Å². The molecule has 1 unspecified atom stereocenters. The van der Waals surface area contributed by atoms with Crippen LogP contribution in [-0.4, -0.2) is 20.7 Å². The van der Waals surface area contributed by atoms with Gasteiger partial charge in [0.15, 0.2) is 9.84 Å². The predicted octanol–water partition coefficient (Wildman–Crippen LogP) is 3.47. The lowest BCUT2D eigenvalue weighted by Gasteiger charge is -2.29. The van der Waals surface area contributed by atoms with Crippen molar-refractivity contribution in [2.75, 3.05) is 11.6 Å². The van der Waals surface area contributed by atoms with E-state index >= 15 is 0 Å². The molecule has 1 aliphatic rings. The van der Waals surface area contributed by atoms with Crippen LogP contribution in [0.3, 0.4) is 0 Å². The smallest absolute Gasteiger partial charge is 0.175 e. The minimum Gasteiger partial charge on any atom is -0.382 e. The number of sulfone groups is 1. The molecule has 1 N–H and O–H groups in total. The molecule has 106 valence electrons. The van der Waals surface area contributed by atoms with Gasteiger partial charge < -0.3 is 5.32 Å². The molecule has 1 aromatic carbocycles. The minimum absolute atomic E-state index is 0.378. The van der Waals surface area contributed by atoms with Crippen molar-refractivity contribution < 1.29 is 8.42 Å². The fourth-order valence-corrected chi connectivity index (χ4v) is 3.44. The van der Waals surface area contributed by atoms with E-state index in [0.29, 0.717) is 10.9 Å². The van der Waals surface area contributed by atoms with E-state index in [4.69, 9.17) is 0 Å². The van der Waals surface area contributed by atoms with Crippen molar-refractivity contribution >= 4 is 15.5 Å². The van der Waals surface area contributed by atoms with E-state index in [1.165, 1.54) is 38.4 Å². The molecule has 1 aliphatic carbocycles. The molecular formula is C15H23NO2S. The number of hydrogen-bond acceptors (Lipinski definition) is 3. The van der Waals surface area contributed by atoms with Gasteiger partial charge in [-0.15, -0.1) is 0 Å². The van der Waals surface area contributed by atoms with Crippen molar-refractivity contribution in [1.82, 2.24) is 0 Å². The lowest BCUT2D eigenvalue weighted by Crippen LogP contribution is -2.27. The maximum absolute atomic E-state index is 11.4. The largest absolute Gasteiger partial charge is 0.382 e. The fraction of sp³-hybridized carbons (Fsp3) is 0.600. The molecule has 0 heterocycles. The molecule has 0 spiro atoms. The van der Waals surface area contributed by atoms with Crippen LogP contribution < -0.4 is 5.32 Å². The third-order valence-electron chi connectivity index (χ3n) is 4.03. The Hall–Kier alpha value is -1.03. The third kappa shape index (κ3) is 3.96. The molecular weight excluding hydrogens is 258 g/mol. The predicted molar refractivity (Wildman–Crippen MR) is 79.2 cm³/mol. The Morgan fingerprint density at radius 3 is 2.21 bits per heavy atom. The summed E-state index contributed by atoms with van der Waals surface area (Å²) in [5, 5.41) is 3.50. The van der Waals surface area contributed by atoms with Crippen molar-refractivity contribution in [2.24, 2.45) is 5.92 Å². The van der Waals surface area contributed by atoms with Crippen molar-refractivity contribution in [3.05, 3.63) is 24.3 Å². The van der Waals surface area contributed by atoms with Gasteiger partial charge in [-0.05, 0) is 49.9 Å². The van der Waals surface area contributed by atoms with E-state index < -0.39 is 9.84 Å². The van der Waals surface area contributed by atoms with Crippen molar-refractivity contribution in [3.63, 3.8) is 0 Å². The molecule has 19 heavy (non-hydrogen) atoms. The summed E-state index contributed by atoms with van der Waals surface area (Å²) in [6.07, 6.45) is 7.88. The van der Waals surface area contributed by atoms with Crippen molar-refractivity contribution in [3.8, 4) is 0 Å². The Bertz CT molecular complexity index is 501. The summed E-state index contributed by atoms with van der Waals surface area (Å²) >= 11 is 0. The summed E-state index contributed by atoms with van der Waals surface area (Å²) in [5.74, 6) is 0.739. The minimum atomic E-state index is -3.10. The van der Waals surface area contributed by atoms with Crippen LogP contribution in [0.2, 0.25) is 0 Å². The van der Waals surface area contributed by atoms with Gasteiger partial charge in [0.1, 0.15) is 0 Å². The maximum Gasteiger partial charge on any atom is 0.175 e. The van der Waals surface area contributed by atoms with Crippen LogP contribution >= 0.6 is 0 Å². The second-order valence-corrected chi connectivity index (χ2v) is 7.64. The molecule has 0 amide bonds. The van der Waals surface area contributed by atoms with Gasteiger partial charge in [0.25, 0.3) is 0 Å². The molecule has 3 nitrogen and oxygen atoms in total. The van der Waals surface area contributed by atoms with Gasteiger partial charge in [0.2, 0.25) is 0 Å². The summed E-state index contributed by atoms with van der Waals surface area (Å²) in [6.45, 7) is 2.22. The van der Waals surface area contributed by atoms with E-state index in [1.807, 2.05) is 12.1 Å². The van der Waals surface area contributed by atoms with Crippen LogP contribution in [0.25, 0.3) is 0 Å². The molecule has 1 fully saturated rings. The zero-order valence-electron chi connectivity index (χ0n) is 11.7.